The number of amides is 1. The lowest BCUT2D eigenvalue weighted by Crippen LogP contribution is -2.28. The monoisotopic (exact) mass is 509 g/mol. The Morgan fingerprint density at radius 2 is 2.04 bits per heavy atom. The van der Waals surface area contributed by atoms with Crippen molar-refractivity contribution in [1.82, 2.24) is 25.1 Å². The van der Waals surface area contributed by atoms with Crippen LogP contribution in [0.4, 0.5) is 5.95 Å². The maximum Gasteiger partial charge on any atom is 0.251 e. The molecular weight excluding hydrogens is 498 g/mol. The number of hydrogen-bond donors (Lipinski definition) is 2. The highest BCUT2D eigenvalue weighted by Gasteiger charge is 2.21. The summed E-state index contributed by atoms with van der Waals surface area (Å²) >= 11 is 7.95. The molecule has 138 valence electrons. The van der Waals surface area contributed by atoms with Gasteiger partial charge in [-0.1, -0.05) is 43.2 Å². The van der Waals surface area contributed by atoms with Gasteiger partial charge < -0.3 is 10.6 Å². The van der Waals surface area contributed by atoms with E-state index in [1.54, 1.807) is 19.2 Å². The molecule has 2 N–H and O–H groups in total. The summed E-state index contributed by atoms with van der Waals surface area (Å²) in [5.74, 6) is 0.646. The lowest BCUT2D eigenvalue weighted by Gasteiger charge is -2.14. The molecule has 27 heavy (non-hydrogen) atoms. The molecule has 0 aliphatic rings. The Balaban J connectivity index is 1.90. The van der Waals surface area contributed by atoms with Crippen molar-refractivity contribution in [1.29, 1.82) is 5.26 Å². The largest absolute Gasteiger partial charge is 0.356 e. The molecule has 0 aliphatic heterocycles. The molecule has 0 radical (unpaired) electrons. The van der Waals surface area contributed by atoms with Crippen LogP contribution in [-0.4, -0.2) is 32.7 Å². The van der Waals surface area contributed by atoms with E-state index in [0.29, 0.717) is 27.3 Å². The molecule has 0 fully saturated rings. The van der Waals surface area contributed by atoms with Crippen LogP contribution >= 0.6 is 43.2 Å². The van der Waals surface area contributed by atoms with E-state index in [-0.39, 0.29) is 5.91 Å². The summed E-state index contributed by atoms with van der Waals surface area (Å²) in [6.45, 7) is 1.81. The minimum absolute atomic E-state index is 0.248. The zero-order chi connectivity index (χ0) is 19.6. The number of anilines is 1. The Kier molecular flexibility index (Phi) is 5.88. The molecular formula is C16H13Br2N7OS. The van der Waals surface area contributed by atoms with Crippen LogP contribution in [-0.2, 0) is 0 Å². The van der Waals surface area contributed by atoms with E-state index >= 15 is 0 Å². The molecule has 3 rings (SSSR count). The highest BCUT2D eigenvalue weighted by Crippen LogP contribution is 2.23. The maximum atomic E-state index is 12.6. The third kappa shape index (κ3) is 4.35. The van der Waals surface area contributed by atoms with Crippen molar-refractivity contribution >= 4 is 55.1 Å². The number of halogens is 2. The Morgan fingerprint density at radius 1 is 1.33 bits per heavy atom. The fourth-order valence-corrected chi connectivity index (χ4v) is 4.26. The molecule has 0 bridgehead atoms. The Labute approximate surface area is 175 Å². The quantitative estimate of drug-likeness (QED) is 0.542. The predicted octanol–water partition coefficient (Wildman–Crippen LogP) is 3.65. The van der Waals surface area contributed by atoms with Crippen molar-refractivity contribution in [3.63, 3.8) is 0 Å². The van der Waals surface area contributed by atoms with Gasteiger partial charge in [0.1, 0.15) is 10.9 Å². The van der Waals surface area contributed by atoms with E-state index in [1.807, 2.05) is 13.0 Å². The lowest BCUT2D eigenvalue weighted by atomic mass is 10.2. The van der Waals surface area contributed by atoms with Crippen molar-refractivity contribution < 1.29 is 4.79 Å². The molecule has 0 saturated heterocycles. The number of carbonyl (C=O) groups is 1. The van der Waals surface area contributed by atoms with Crippen LogP contribution in [0.1, 0.15) is 34.0 Å². The molecule has 0 spiro atoms. The number of aromatic nitrogens is 4. The third-order valence-electron chi connectivity index (χ3n) is 3.50. The van der Waals surface area contributed by atoms with Crippen LogP contribution in [0.2, 0.25) is 0 Å². The van der Waals surface area contributed by atoms with Gasteiger partial charge in [-0.25, -0.2) is 4.98 Å². The fourth-order valence-electron chi connectivity index (χ4n) is 2.30. The molecule has 1 atom stereocenters. The van der Waals surface area contributed by atoms with E-state index in [0.717, 1.165) is 8.95 Å². The summed E-state index contributed by atoms with van der Waals surface area (Å²) in [6, 6.07) is 6.92. The molecule has 3 aromatic rings. The van der Waals surface area contributed by atoms with Gasteiger partial charge in [0.2, 0.25) is 11.1 Å². The SMILES string of the molecule is CNc1nc(C(C)NC(=O)c2cc(Br)cc(Br)c2)n(-c2ncc(C#N)s2)n1. The predicted molar refractivity (Wildman–Crippen MR) is 109 cm³/mol. The first-order valence-electron chi connectivity index (χ1n) is 7.69. The van der Waals surface area contributed by atoms with Crippen molar-refractivity contribution in [2.45, 2.75) is 13.0 Å². The van der Waals surface area contributed by atoms with Crippen molar-refractivity contribution in [3.05, 3.63) is 49.6 Å². The smallest absolute Gasteiger partial charge is 0.251 e. The number of carbonyl (C=O) groups excluding carboxylic acids is 1. The number of thiazole rings is 1. The molecule has 0 aliphatic carbocycles. The van der Waals surface area contributed by atoms with E-state index in [4.69, 9.17) is 5.26 Å². The molecule has 0 saturated carbocycles. The summed E-state index contributed by atoms with van der Waals surface area (Å²) < 4.78 is 3.11. The summed E-state index contributed by atoms with van der Waals surface area (Å²) in [6.07, 6.45) is 1.48. The minimum Gasteiger partial charge on any atom is -0.356 e. The molecule has 11 heteroatoms. The minimum atomic E-state index is -0.445. The zero-order valence-corrected chi connectivity index (χ0v) is 18.2. The molecule has 2 heterocycles. The van der Waals surface area contributed by atoms with Gasteiger partial charge in [-0.3, -0.25) is 4.79 Å². The number of benzene rings is 1. The first kappa shape index (κ1) is 19.5. The number of hydrogen-bond acceptors (Lipinski definition) is 7. The highest BCUT2D eigenvalue weighted by atomic mass is 79.9. The maximum absolute atomic E-state index is 12.6. The summed E-state index contributed by atoms with van der Waals surface area (Å²) in [7, 11) is 1.70. The standard InChI is InChI=1S/C16H13Br2N7OS/c1-8(22-14(26)9-3-10(17)5-11(18)4-9)13-23-15(20-2)24-25(13)16-21-7-12(6-19)27-16/h3-5,7-8H,1-2H3,(H,20,24)(H,22,26). The molecule has 2 aromatic heterocycles. The van der Waals surface area contributed by atoms with Crippen LogP contribution < -0.4 is 10.6 Å². The number of nitrogens with one attached hydrogen (secondary N) is 2. The van der Waals surface area contributed by atoms with E-state index in [9.17, 15) is 4.79 Å². The number of nitriles is 1. The van der Waals surface area contributed by atoms with Gasteiger partial charge in [-0.2, -0.15) is 14.9 Å². The van der Waals surface area contributed by atoms with Crippen LogP contribution in [0, 0.1) is 11.3 Å². The Hall–Kier alpha value is -2.29. The van der Waals surface area contributed by atoms with Crippen LogP contribution in [0.5, 0.6) is 0 Å². The van der Waals surface area contributed by atoms with Gasteiger partial charge in [-0.05, 0) is 25.1 Å². The van der Waals surface area contributed by atoms with Crippen LogP contribution in [0.3, 0.4) is 0 Å². The van der Waals surface area contributed by atoms with Crippen LogP contribution in [0.15, 0.2) is 33.3 Å². The molecule has 1 unspecified atom stereocenters. The van der Waals surface area contributed by atoms with Crippen molar-refractivity contribution in [2.24, 2.45) is 0 Å². The third-order valence-corrected chi connectivity index (χ3v) is 5.29. The van der Waals surface area contributed by atoms with Gasteiger partial charge in [-0.15, -0.1) is 5.10 Å². The number of rotatable bonds is 5. The van der Waals surface area contributed by atoms with Gasteiger partial charge in [0.05, 0.1) is 12.2 Å². The molecule has 1 aromatic carbocycles. The fraction of sp³-hybridized carbons (Fsp3) is 0.188. The van der Waals surface area contributed by atoms with Gasteiger partial charge >= 0.3 is 0 Å². The Bertz CT molecular complexity index is 1020. The van der Waals surface area contributed by atoms with Crippen molar-refractivity contribution in [2.75, 3.05) is 12.4 Å². The van der Waals surface area contributed by atoms with Crippen LogP contribution in [0.25, 0.3) is 5.13 Å². The highest BCUT2D eigenvalue weighted by molar-refractivity contribution is 9.11. The zero-order valence-electron chi connectivity index (χ0n) is 14.2. The lowest BCUT2D eigenvalue weighted by molar-refractivity contribution is 0.0937. The molecule has 8 nitrogen and oxygen atoms in total. The second kappa shape index (κ2) is 8.16. The second-order valence-electron chi connectivity index (χ2n) is 5.43. The topological polar surface area (TPSA) is 109 Å². The van der Waals surface area contributed by atoms with E-state index < -0.39 is 6.04 Å². The normalized spacial score (nSPS) is 11.7. The second-order valence-corrected chi connectivity index (χ2v) is 8.27. The average Bonchev–Trinajstić information content (AvgIpc) is 3.27. The first-order chi connectivity index (χ1) is 12.9. The summed E-state index contributed by atoms with van der Waals surface area (Å²) in [5, 5.41) is 19.7. The van der Waals surface area contributed by atoms with Gasteiger partial charge in [0.15, 0.2) is 5.82 Å². The average molecular weight is 511 g/mol. The van der Waals surface area contributed by atoms with Crippen molar-refractivity contribution in [3.8, 4) is 11.2 Å². The van der Waals surface area contributed by atoms with E-state index in [2.05, 4.69) is 63.6 Å². The Morgan fingerprint density at radius 3 is 2.63 bits per heavy atom. The van der Waals surface area contributed by atoms with Gasteiger partial charge in [0, 0.05) is 21.6 Å². The molecule has 1 amide bonds. The first-order valence-corrected chi connectivity index (χ1v) is 10.1. The van der Waals surface area contributed by atoms with Gasteiger partial charge in [0.25, 0.3) is 5.91 Å². The summed E-state index contributed by atoms with van der Waals surface area (Å²) in [4.78, 5) is 21.7. The summed E-state index contributed by atoms with van der Waals surface area (Å²) in [5.41, 5.74) is 0.504. The number of nitrogens with zero attached hydrogens (tertiary/aromatic N) is 5. The van der Waals surface area contributed by atoms with E-state index in [1.165, 1.54) is 22.2 Å².